The second kappa shape index (κ2) is 8.99. The SMILES string of the molecule is Cc1cc(C)c(NC(=O)[C@@H](C)OC(=O)CSc2cc(F)ccc2F)c(C)c1. The number of ether oxygens (including phenoxy) is 1. The number of benzene rings is 2. The molecule has 0 spiro atoms. The topological polar surface area (TPSA) is 55.4 Å². The van der Waals surface area contributed by atoms with Crippen LogP contribution < -0.4 is 5.32 Å². The van der Waals surface area contributed by atoms with Gasteiger partial charge in [-0.1, -0.05) is 17.7 Å². The van der Waals surface area contributed by atoms with Crippen LogP contribution in [0.4, 0.5) is 14.5 Å². The van der Waals surface area contributed by atoms with Crippen LogP contribution in [0.5, 0.6) is 0 Å². The molecule has 0 radical (unpaired) electrons. The minimum absolute atomic E-state index is 0.00922. The Labute approximate surface area is 161 Å². The van der Waals surface area contributed by atoms with Crippen molar-refractivity contribution in [2.24, 2.45) is 0 Å². The molecule has 0 aliphatic carbocycles. The van der Waals surface area contributed by atoms with E-state index in [4.69, 9.17) is 4.74 Å². The molecule has 2 aromatic rings. The van der Waals surface area contributed by atoms with Gasteiger partial charge >= 0.3 is 5.97 Å². The molecule has 0 heterocycles. The first-order chi connectivity index (χ1) is 12.7. The number of nitrogens with one attached hydrogen (secondary N) is 1. The van der Waals surface area contributed by atoms with Gasteiger partial charge in [0.25, 0.3) is 5.91 Å². The monoisotopic (exact) mass is 393 g/mol. The third kappa shape index (κ3) is 5.79. The first-order valence-electron chi connectivity index (χ1n) is 8.33. The molecule has 27 heavy (non-hydrogen) atoms. The smallest absolute Gasteiger partial charge is 0.317 e. The predicted molar refractivity (Wildman–Crippen MR) is 102 cm³/mol. The van der Waals surface area contributed by atoms with Gasteiger partial charge in [-0.05, 0) is 57.0 Å². The highest BCUT2D eigenvalue weighted by Crippen LogP contribution is 2.24. The molecule has 2 aromatic carbocycles. The Morgan fingerprint density at radius 3 is 2.37 bits per heavy atom. The zero-order valence-corrected chi connectivity index (χ0v) is 16.4. The van der Waals surface area contributed by atoms with E-state index in [2.05, 4.69) is 5.32 Å². The van der Waals surface area contributed by atoms with E-state index in [1.54, 1.807) is 0 Å². The summed E-state index contributed by atoms with van der Waals surface area (Å²) in [6.45, 7) is 7.20. The van der Waals surface area contributed by atoms with Gasteiger partial charge in [0.05, 0.1) is 5.75 Å². The van der Waals surface area contributed by atoms with Crippen molar-refractivity contribution in [3.63, 3.8) is 0 Å². The van der Waals surface area contributed by atoms with Crippen molar-refractivity contribution < 1.29 is 23.1 Å². The van der Waals surface area contributed by atoms with Crippen molar-refractivity contribution >= 4 is 29.3 Å². The first kappa shape index (κ1) is 20.9. The average Bonchev–Trinajstić information content (AvgIpc) is 2.58. The summed E-state index contributed by atoms with van der Waals surface area (Å²) in [5, 5.41) is 2.77. The van der Waals surface area contributed by atoms with Crippen molar-refractivity contribution in [2.75, 3.05) is 11.1 Å². The second-order valence-corrected chi connectivity index (χ2v) is 7.28. The van der Waals surface area contributed by atoms with Crippen molar-refractivity contribution in [3.8, 4) is 0 Å². The Bertz CT molecular complexity index is 847. The van der Waals surface area contributed by atoms with E-state index in [1.807, 2.05) is 32.9 Å². The van der Waals surface area contributed by atoms with Crippen LogP contribution in [0.3, 0.4) is 0 Å². The summed E-state index contributed by atoms with van der Waals surface area (Å²) < 4.78 is 31.8. The van der Waals surface area contributed by atoms with E-state index in [0.29, 0.717) is 5.69 Å². The molecule has 0 saturated heterocycles. The van der Waals surface area contributed by atoms with Crippen LogP contribution in [0.15, 0.2) is 35.2 Å². The number of carbonyl (C=O) groups is 2. The highest BCUT2D eigenvalue weighted by atomic mass is 32.2. The number of aryl methyl sites for hydroxylation is 3. The Kier molecular flexibility index (Phi) is 6.96. The van der Waals surface area contributed by atoms with Crippen molar-refractivity contribution in [1.82, 2.24) is 0 Å². The molecule has 1 atom stereocenters. The van der Waals surface area contributed by atoms with E-state index in [-0.39, 0.29) is 10.6 Å². The van der Waals surface area contributed by atoms with Gasteiger partial charge in [0.1, 0.15) is 11.6 Å². The third-order valence-electron chi connectivity index (χ3n) is 3.84. The number of hydrogen-bond donors (Lipinski definition) is 1. The van der Waals surface area contributed by atoms with Gasteiger partial charge in [0.15, 0.2) is 6.10 Å². The number of hydrogen-bond acceptors (Lipinski definition) is 4. The Morgan fingerprint density at radius 2 is 1.74 bits per heavy atom. The fourth-order valence-electron chi connectivity index (χ4n) is 2.61. The van der Waals surface area contributed by atoms with Gasteiger partial charge < -0.3 is 10.1 Å². The minimum atomic E-state index is -1.02. The summed E-state index contributed by atoms with van der Waals surface area (Å²) in [6, 6.07) is 6.89. The quantitative estimate of drug-likeness (QED) is 0.578. The van der Waals surface area contributed by atoms with Crippen LogP contribution >= 0.6 is 11.8 Å². The van der Waals surface area contributed by atoms with Gasteiger partial charge in [0.2, 0.25) is 0 Å². The number of carbonyl (C=O) groups excluding carboxylic acids is 2. The fourth-order valence-corrected chi connectivity index (χ4v) is 3.35. The molecule has 0 unspecified atom stereocenters. The van der Waals surface area contributed by atoms with E-state index in [0.717, 1.165) is 46.7 Å². The summed E-state index contributed by atoms with van der Waals surface area (Å²) >= 11 is 0.812. The summed E-state index contributed by atoms with van der Waals surface area (Å²) in [6.07, 6.45) is -1.02. The number of thioether (sulfide) groups is 1. The van der Waals surface area contributed by atoms with Crippen LogP contribution in [0, 0.1) is 32.4 Å². The lowest BCUT2D eigenvalue weighted by molar-refractivity contribution is -0.150. The standard InChI is InChI=1S/C20H21F2NO3S/c1-11-7-12(2)19(13(3)8-11)23-20(25)14(4)26-18(24)10-27-17-9-15(21)5-6-16(17)22/h5-9,14H,10H2,1-4H3,(H,23,25)/t14-/m1/s1. The van der Waals surface area contributed by atoms with Gasteiger partial charge in [0, 0.05) is 10.6 Å². The van der Waals surface area contributed by atoms with E-state index < -0.39 is 29.6 Å². The van der Waals surface area contributed by atoms with Crippen molar-refractivity contribution in [1.29, 1.82) is 0 Å². The van der Waals surface area contributed by atoms with Crippen molar-refractivity contribution in [3.05, 3.63) is 58.7 Å². The minimum Gasteiger partial charge on any atom is -0.452 e. The van der Waals surface area contributed by atoms with Gasteiger partial charge in [-0.15, -0.1) is 11.8 Å². The highest BCUT2D eigenvalue weighted by Gasteiger charge is 2.20. The first-order valence-corrected chi connectivity index (χ1v) is 9.32. The number of rotatable bonds is 6. The van der Waals surface area contributed by atoms with E-state index in [9.17, 15) is 18.4 Å². The second-order valence-electron chi connectivity index (χ2n) is 6.26. The molecule has 1 amide bonds. The van der Waals surface area contributed by atoms with Gasteiger partial charge in [-0.3, -0.25) is 9.59 Å². The van der Waals surface area contributed by atoms with E-state index in [1.165, 1.54) is 6.92 Å². The normalized spacial score (nSPS) is 11.8. The molecule has 2 rings (SSSR count). The zero-order valence-electron chi connectivity index (χ0n) is 15.6. The maximum atomic E-state index is 13.6. The van der Waals surface area contributed by atoms with Crippen LogP contribution in [-0.4, -0.2) is 23.7 Å². The lowest BCUT2D eigenvalue weighted by Crippen LogP contribution is -2.31. The third-order valence-corrected chi connectivity index (χ3v) is 4.85. The number of anilines is 1. The highest BCUT2D eigenvalue weighted by molar-refractivity contribution is 8.00. The Morgan fingerprint density at radius 1 is 1.11 bits per heavy atom. The molecular formula is C20H21F2NO3S. The maximum absolute atomic E-state index is 13.6. The Balaban J connectivity index is 1.92. The molecule has 144 valence electrons. The molecule has 0 saturated carbocycles. The molecule has 1 N–H and O–H groups in total. The molecule has 0 aliphatic rings. The summed E-state index contributed by atoms with van der Waals surface area (Å²) in [7, 11) is 0. The summed E-state index contributed by atoms with van der Waals surface area (Å²) in [5.41, 5.74) is 3.60. The van der Waals surface area contributed by atoms with Gasteiger partial charge in [-0.2, -0.15) is 0 Å². The molecule has 0 bridgehead atoms. The zero-order chi connectivity index (χ0) is 20.1. The molecule has 0 fully saturated rings. The lowest BCUT2D eigenvalue weighted by Gasteiger charge is -2.17. The fraction of sp³-hybridized carbons (Fsp3) is 0.300. The molecular weight excluding hydrogens is 372 g/mol. The summed E-state index contributed by atoms with van der Waals surface area (Å²) in [5.74, 6) is -2.60. The number of esters is 1. The molecule has 4 nitrogen and oxygen atoms in total. The van der Waals surface area contributed by atoms with Crippen LogP contribution in [0.1, 0.15) is 23.6 Å². The molecule has 0 aliphatic heterocycles. The van der Waals surface area contributed by atoms with Gasteiger partial charge in [-0.25, -0.2) is 8.78 Å². The average molecular weight is 393 g/mol. The van der Waals surface area contributed by atoms with Crippen LogP contribution in [0.25, 0.3) is 0 Å². The van der Waals surface area contributed by atoms with Crippen LogP contribution in [-0.2, 0) is 14.3 Å². The molecule has 0 aromatic heterocycles. The molecule has 7 heteroatoms. The summed E-state index contributed by atoms with van der Waals surface area (Å²) in [4.78, 5) is 24.2. The number of halogens is 2. The Hall–Kier alpha value is -2.41. The maximum Gasteiger partial charge on any atom is 0.317 e. The predicted octanol–water partition coefficient (Wildman–Crippen LogP) is 4.55. The number of amides is 1. The lowest BCUT2D eigenvalue weighted by atomic mass is 10.0. The largest absolute Gasteiger partial charge is 0.452 e. The van der Waals surface area contributed by atoms with Crippen molar-refractivity contribution in [2.45, 2.75) is 38.7 Å². The van der Waals surface area contributed by atoms with Crippen LogP contribution in [0.2, 0.25) is 0 Å². The van der Waals surface area contributed by atoms with E-state index >= 15 is 0 Å².